The second-order valence-electron chi connectivity index (χ2n) is 6.42. The summed E-state index contributed by atoms with van der Waals surface area (Å²) in [6.07, 6.45) is 1.57. The Morgan fingerprint density at radius 3 is 2.21 bits per heavy atom. The minimum atomic E-state index is -0.395. The number of hydrogen-bond acceptors (Lipinski definition) is 6. The fourth-order valence-electron chi connectivity index (χ4n) is 2.99. The van der Waals surface area contributed by atoms with Gasteiger partial charge < -0.3 is 19.9 Å². The van der Waals surface area contributed by atoms with Crippen LogP contribution in [0.15, 0.2) is 42.6 Å². The second-order valence-corrected chi connectivity index (χ2v) is 6.42. The number of esters is 1. The summed E-state index contributed by atoms with van der Waals surface area (Å²) in [4.78, 5) is 43.2. The third kappa shape index (κ3) is 4.46. The first-order valence-corrected chi connectivity index (χ1v) is 8.94. The number of anilines is 2. The lowest BCUT2D eigenvalue weighted by Crippen LogP contribution is -2.50. The van der Waals surface area contributed by atoms with E-state index in [-0.39, 0.29) is 11.8 Å². The molecule has 1 N–H and O–H groups in total. The Hall–Kier alpha value is -3.42. The molecule has 1 aliphatic heterocycles. The van der Waals surface area contributed by atoms with Crippen molar-refractivity contribution in [2.45, 2.75) is 6.92 Å². The molecule has 1 fully saturated rings. The molecule has 0 atom stereocenters. The van der Waals surface area contributed by atoms with Crippen LogP contribution in [0.1, 0.15) is 27.8 Å². The number of pyridine rings is 1. The lowest BCUT2D eigenvalue weighted by Gasteiger charge is -2.34. The summed E-state index contributed by atoms with van der Waals surface area (Å²) in [6, 6.07) is 10.3. The van der Waals surface area contributed by atoms with Gasteiger partial charge in [-0.05, 0) is 36.4 Å². The lowest BCUT2D eigenvalue weighted by molar-refractivity contribution is -0.130. The summed E-state index contributed by atoms with van der Waals surface area (Å²) in [6.45, 7) is 3.59. The van der Waals surface area contributed by atoms with Crippen LogP contribution in [-0.4, -0.2) is 65.9 Å². The van der Waals surface area contributed by atoms with E-state index in [1.165, 1.54) is 14.0 Å². The van der Waals surface area contributed by atoms with Crippen LogP contribution in [-0.2, 0) is 9.53 Å². The SMILES string of the molecule is COC(=O)c1ccc(Nc2ccnc(C(=O)N3CCN(C(C)=O)CC3)c2)cc1. The molecule has 2 amide bonds. The van der Waals surface area contributed by atoms with Gasteiger partial charge in [0, 0.05) is 50.7 Å². The molecule has 28 heavy (non-hydrogen) atoms. The maximum Gasteiger partial charge on any atom is 0.337 e. The number of hydrogen-bond donors (Lipinski definition) is 1. The molecule has 0 aliphatic carbocycles. The fraction of sp³-hybridized carbons (Fsp3) is 0.300. The fourth-order valence-corrected chi connectivity index (χ4v) is 2.99. The van der Waals surface area contributed by atoms with E-state index >= 15 is 0 Å². The predicted octanol–water partition coefficient (Wildman–Crippen LogP) is 1.92. The van der Waals surface area contributed by atoms with Crippen LogP contribution in [0, 0.1) is 0 Å². The van der Waals surface area contributed by atoms with Crippen LogP contribution >= 0.6 is 0 Å². The van der Waals surface area contributed by atoms with Crippen molar-refractivity contribution < 1.29 is 19.1 Å². The molecule has 0 bridgehead atoms. The number of aromatic nitrogens is 1. The Morgan fingerprint density at radius 1 is 0.964 bits per heavy atom. The van der Waals surface area contributed by atoms with Crippen LogP contribution in [0.2, 0.25) is 0 Å². The monoisotopic (exact) mass is 382 g/mol. The van der Waals surface area contributed by atoms with E-state index in [2.05, 4.69) is 15.0 Å². The van der Waals surface area contributed by atoms with Crippen molar-refractivity contribution in [3.8, 4) is 0 Å². The predicted molar refractivity (Wildman–Crippen MR) is 103 cm³/mol. The number of ether oxygens (including phenoxy) is 1. The van der Waals surface area contributed by atoms with Gasteiger partial charge in [-0.25, -0.2) is 4.79 Å². The summed E-state index contributed by atoms with van der Waals surface area (Å²) in [5.41, 5.74) is 2.29. The first-order chi connectivity index (χ1) is 13.5. The maximum absolute atomic E-state index is 12.7. The number of methoxy groups -OCH3 is 1. The number of piperazine rings is 1. The molecule has 3 rings (SSSR count). The maximum atomic E-state index is 12.7. The van der Waals surface area contributed by atoms with Crippen LogP contribution in [0.25, 0.3) is 0 Å². The Balaban J connectivity index is 1.66. The van der Waals surface area contributed by atoms with Crippen LogP contribution in [0.4, 0.5) is 11.4 Å². The number of amides is 2. The van der Waals surface area contributed by atoms with Gasteiger partial charge >= 0.3 is 5.97 Å². The molecule has 0 saturated carbocycles. The van der Waals surface area contributed by atoms with Gasteiger partial charge in [0.1, 0.15) is 5.69 Å². The van der Waals surface area contributed by atoms with Gasteiger partial charge in [0.25, 0.3) is 5.91 Å². The summed E-state index contributed by atoms with van der Waals surface area (Å²) in [5.74, 6) is -0.532. The number of nitrogens with zero attached hydrogens (tertiary/aromatic N) is 3. The highest BCUT2D eigenvalue weighted by Crippen LogP contribution is 2.19. The Morgan fingerprint density at radius 2 is 1.61 bits per heavy atom. The Bertz CT molecular complexity index is 874. The molecule has 2 heterocycles. The van der Waals surface area contributed by atoms with E-state index in [1.807, 2.05) is 0 Å². The Labute approximate surface area is 163 Å². The van der Waals surface area contributed by atoms with Gasteiger partial charge in [-0.2, -0.15) is 0 Å². The third-order valence-corrected chi connectivity index (χ3v) is 4.59. The number of carbonyl (C=O) groups is 3. The van der Waals surface area contributed by atoms with E-state index in [0.29, 0.717) is 43.1 Å². The Kier molecular flexibility index (Phi) is 5.88. The molecule has 1 aliphatic rings. The third-order valence-electron chi connectivity index (χ3n) is 4.59. The largest absolute Gasteiger partial charge is 0.465 e. The van der Waals surface area contributed by atoms with Crippen LogP contribution in [0.3, 0.4) is 0 Å². The summed E-state index contributed by atoms with van der Waals surface area (Å²) < 4.78 is 4.68. The van der Waals surface area contributed by atoms with Gasteiger partial charge in [0.05, 0.1) is 12.7 Å². The molecular formula is C20H22N4O4. The number of rotatable bonds is 4. The molecular weight excluding hydrogens is 360 g/mol. The highest BCUT2D eigenvalue weighted by Gasteiger charge is 2.24. The summed E-state index contributed by atoms with van der Waals surface area (Å²) >= 11 is 0. The standard InChI is InChI=1S/C20H22N4O4/c1-14(25)23-9-11-24(12-10-23)19(26)18-13-17(7-8-21-18)22-16-5-3-15(4-6-16)20(27)28-2/h3-8,13H,9-12H2,1-2H3,(H,21,22). The van der Waals surface area contributed by atoms with Gasteiger partial charge in [-0.15, -0.1) is 0 Å². The van der Waals surface area contributed by atoms with Gasteiger partial charge in [0.2, 0.25) is 5.91 Å². The molecule has 0 spiro atoms. The molecule has 0 unspecified atom stereocenters. The van der Waals surface area contributed by atoms with E-state index in [1.54, 1.807) is 52.4 Å². The second kappa shape index (κ2) is 8.51. The van der Waals surface area contributed by atoms with Crippen molar-refractivity contribution in [2.24, 2.45) is 0 Å². The number of carbonyl (C=O) groups excluding carboxylic acids is 3. The molecule has 1 aromatic heterocycles. The topological polar surface area (TPSA) is 91.8 Å². The van der Waals surface area contributed by atoms with Crippen molar-refractivity contribution in [1.82, 2.24) is 14.8 Å². The number of benzene rings is 1. The zero-order valence-electron chi connectivity index (χ0n) is 15.8. The first-order valence-electron chi connectivity index (χ1n) is 8.94. The molecule has 8 nitrogen and oxygen atoms in total. The van der Waals surface area contributed by atoms with Gasteiger partial charge in [0.15, 0.2) is 0 Å². The molecule has 2 aromatic rings. The molecule has 1 saturated heterocycles. The smallest absolute Gasteiger partial charge is 0.337 e. The number of nitrogens with one attached hydrogen (secondary N) is 1. The summed E-state index contributed by atoms with van der Waals surface area (Å²) in [5, 5.41) is 3.19. The quantitative estimate of drug-likeness (QED) is 0.813. The average Bonchev–Trinajstić information content (AvgIpc) is 2.73. The van der Waals surface area contributed by atoms with E-state index in [9.17, 15) is 14.4 Å². The first kappa shape index (κ1) is 19.3. The van der Waals surface area contributed by atoms with Crippen LogP contribution < -0.4 is 5.32 Å². The molecule has 1 aromatic carbocycles. The molecule has 146 valence electrons. The normalized spacial score (nSPS) is 13.8. The lowest BCUT2D eigenvalue weighted by atomic mass is 10.2. The zero-order valence-corrected chi connectivity index (χ0v) is 15.8. The highest BCUT2D eigenvalue weighted by atomic mass is 16.5. The van der Waals surface area contributed by atoms with Crippen LogP contribution in [0.5, 0.6) is 0 Å². The van der Waals surface area contributed by atoms with Gasteiger partial charge in [-0.3, -0.25) is 14.6 Å². The average molecular weight is 382 g/mol. The van der Waals surface area contributed by atoms with Crippen molar-refractivity contribution in [2.75, 3.05) is 38.6 Å². The molecule has 8 heteroatoms. The summed E-state index contributed by atoms with van der Waals surface area (Å²) in [7, 11) is 1.34. The highest BCUT2D eigenvalue weighted by molar-refractivity contribution is 5.93. The van der Waals surface area contributed by atoms with Crippen molar-refractivity contribution >= 4 is 29.2 Å². The van der Waals surface area contributed by atoms with Gasteiger partial charge in [-0.1, -0.05) is 0 Å². The zero-order chi connectivity index (χ0) is 20.1. The van der Waals surface area contributed by atoms with Crippen molar-refractivity contribution in [3.05, 3.63) is 53.9 Å². The molecule has 0 radical (unpaired) electrons. The van der Waals surface area contributed by atoms with E-state index < -0.39 is 5.97 Å². The minimum absolute atomic E-state index is 0.0228. The minimum Gasteiger partial charge on any atom is -0.465 e. The van der Waals surface area contributed by atoms with Crippen molar-refractivity contribution in [3.63, 3.8) is 0 Å². The van der Waals surface area contributed by atoms with E-state index in [4.69, 9.17) is 0 Å². The van der Waals surface area contributed by atoms with E-state index in [0.717, 1.165) is 5.69 Å². The van der Waals surface area contributed by atoms with Crippen molar-refractivity contribution in [1.29, 1.82) is 0 Å².